The van der Waals surface area contributed by atoms with Crippen molar-refractivity contribution < 1.29 is 14.3 Å². The van der Waals surface area contributed by atoms with Crippen LogP contribution in [0, 0.1) is 5.41 Å². The maximum atomic E-state index is 10.7. The molecule has 0 heterocycles. The van der Waals surface area contributed by atoms with Crippen LogP contribution in [0.1, 0.15) is 32.1 Å². The van der Waals surface area contributed by atoms with Crippen molar-refractivity contribution in [1.82, 2.24) is 0 Å². The number of hydrogen-bond donors (Lipinski definition) is 1. The summed E-state index contributed by atoms with van der Waals surface area (Å²) in [6, 6.07) is 0. The molecule has 0 aliphatic carbocycles. The third-order valence-electron chi connectivity index (χ3n) is 1.76. The second-order valence-electron chi connectivity index (χ2n) is 2.76. The first-order valence-corrected chi connectivity index (χ1v) is 4.39. The molecule has 0 aliphatic heterocycles. The molecule has 15 heavy (non-hydrogen) atoms. The van der Waals surface area contributed by atoms with Crippen molar-refractivity contribution in [2.45, 2.75) is 32.1 Å². The molecule has 1 N–H and O–H groups in total. The molecular formula is C9H19Cl2NO3. The lowest BCUT2D eigenvalue weighted by atomic mass is 10.1. The third kappa shape index (κ3) is 13.5. The Bertz CT molecular complexity index is 159. The summed E-state index contributed by atoms with van der Waals surface area (Å²) in [5, 5.41) is 7.18. The van der Waals surface area contributed by atoms with E-state index in [1.807, 2.05) is 0 Å². The van der Waals surface area contributed by atoms with E-state index in [9.17, 15) is 4.79 Å². The third-order valence-corrected chi connectivity index (χ3v) is 1.76. The number of carbonyl (C=O) groups excluding carboxylic acids is 1. The highest BCUT2D eigenvalue weighted by Crippen LogP contribution is 2.04. The minimum atomic E-state index is -0.165. The van der Waals surface area contributed by atoms with E-state index in [4.69, 9.17) is 10.1 Å². The van der Waals surface area contributed by atoms with Gasteiger partial charge in [0, 0.05) is 12.8 Å². The number of esters is 1. The maximum absolute atomic E-state index is 10.7. The molecule has 0 amide bonds. The Morgan fingerprint density at radius 3 is 2.00 bits per heavy atom. The molecule has 0 bridgehead atoms. The first kappa shape index (κ1) is 20.0. The fraction of sp³-hybridized carbons (Fsp3) is 0.778. The summed E-state index contributed by atoms with van der Waals surface area (Å²) < 4.78 is 9.18. The van der Waals surface area contributed by atoms with Gasteiger partial charge in [0.25, 0.3) is 0 Å². The van der Waals surface area contributed by atoms with Gasteiger partial charge in [-0.1, -0.05) is 6.42 Å². The zero-order chi connectivity index (χ0) is 10.1. The molecule has 0 aromatic heterocycles. The van der Waals surface area contributed by atoms with Gasteiger partial charge in [-0.05, 0) is 12.8 Å². The number of rotatable bonds is 6. The average molecular weight is 260 g/mol. The van der Waals surface area contributed by atoms with Crippen LogP contribution in [0.4, 0.5) is 0 Å². The summed E-state index contributed by atoms with van der Waals surface area (Å²) in [6.45, 7) is 0. The van der Waals surface area contributed by atoms with E-state index in [0.717, 1.165) is 19.3 Å². The van der Waals surface area contributed by atoms with Gasteiger partial charge in [-0.2, -0.15) is 0 Å². The highest BCUT2D eigenvalue weighted by molar-refractivity contribution is 5.85. The van der Waals surface area contributed by atoms with Crippen LogP contribution in [0.15, 0.2) is 0 Å². The van der Waals surface area contributed by atoms with Crippen LogP contribution < -0.4 is 0 Å². The predicted molar refractivity (Wildman–Crippen MR) is 64.3 cm³/mol. The lowest BCUT2D eigenvalue weighted by Gasteiger charge is -2.01. The number of halogens is 2. The topological polar surface area (TPSA) is 59.4 Å². The first-order valence-electron chi connectivity index (χ1n) is 4.39. The lowest BCUT2D eigenvalue weighted by molar-refractivity contribution is -0.140. The summed E-state index contributed by atoms with van der Waals surface area (Å²) in [5.74, 6) is 0.139. The van der Waals surface area contributed by atoms with Gasteiger partial charge in [0.05, 0.1) is 14.2 Å². The molecule has 0 aromatic rings. The molecule has 4 nitrogen and oxygen atoms in total. The summed E-state index contributed by atoms with van der Waals surface area (Å²) in [5.41, 5.74) is 0. The molecule has 0 fully saturated rings. The van der Waals surface area contributed by atoms with Crippen molar-refractivity contribution >= 4 is 36.7 Å². The number of hydrogen-bond acceptors (Lipinski definition) is 4. The van der Waals surface area contributed by atoms with E-state index in [-0.39, 0.29) is 30.8 Å². The van der Waals surface area contributed by atoms with Crippen LogP contribution in [-0.4, -0.2) is 26.1 Å². The van der Waals surface area contributed by atoms with Crippen molar-refractivity contribution in [2.75, 3.05) is 14.2 Å². The van der Waals surface area contributed by atoms with Crippen molar-refractivity contribution in [3.63, 3.8) is 0 Å². The summed E-state index contributed by atoms with van der Waals surface area (Å²) >= 11 is 0. The van der Waals surface area contributed by atoms with Crippen molar-refractivity contribution in [2.24, 2.45) is 0 Å². The minimum Gasteiger partial charge on any atom is -0.484 e. The van der Waals surface area contributed by atoms with Gasteiger partial charge in [-0.25, -0.2) is 0 Å². The Labute approximate surface area is 103 Å². The number of unbranched alkanes of at least 4 members (excludes halogenated alkanes) is 2. The van der Waals surface area contributed by atoms with Gasteiger partial charge >= 0.3 is 5.97 Å². The molecule has 0 atom stereocenters. The molecule has 0 saturated heterocycles. The summed E-state index contributed by atoms with van der Waals surface area (Å²) in [4.78, 5) is 10.7. The van der Waals surface area contributed by atoms with Crippen LogP contribution in [0.25, 0.3) is 0 Å². The Morgan fingerprint density at radius 2 is 1.53 bits per heavy atom. The fourth-order valence-corrected chi connectivity index (χ4v) is 0.936. The van der Waals surface area contributed by atoms with Gasteiger partial charge in [-0.15, -0.1) is 24.8 Å². The molecule has 0 spiro atoms. The van der Waals surface area contributed by atoms with E-state index in [2.05, 4.69) is 4.74 Å². The van der Waals surface area contributed by atoms with Crippen molar-refractivity contribution in [1.29, 1.82) is 5.41 Å². The summed E-state index contributed by atoms with van der Waals surface area (Å²) in [7, 11) is 2.89. The van der Waals surface area contributed by atoms with Gasteiger partial charge in [0.1, 0.15) is 0 Å². The van der Waals surface area contributed by atoms with Crippen LogP contribution >= 0.6 is 24.8 Å². The largest absolute Gasteiger partial charge is 0.484 e. The molecule has 0 unspecified atom stereocenters. The maximum Gasteiger partial charge on any atom is 0.305 e. The molecule has 0 rings (SSSR count). The van der Waals surface area contributed by atoms with E-state index >= 15 is 0 Å². The van der Waals surface area contributed by atoms with Crippen LogP contribution in [0.5, 0.6) is 0 Å². The fourth-order valence-electron chi connectivity index (χ4n) is 0.936. The van der Waals surface area contributed by atoms with Crippen LogP contribution in [0.3, 0.4) is 0 Å². The van der Waals surface area contributed by atoms with E-state index in [1.165, 1.54) is 14.2 Å². The van der Waals surface area contributed by atoms with E-state index in [0.29, 0.717) is 18.7 Å². The minimum absolute atomic E-state index is 0. The first-order chi connectivity index (χ1) is 6.20. The molecule has 0 saturated carbocycles. The number of methoxy groups -OCH3 is 2. The van der Waals surface area contributed by atoms with Crippen LogP contribution in [0.2, 0.25) is 0 Å². The Morgan fingerprint density at radius 1 is 1.00 bits per heavy atom. The highest BCUT2D eigenvalue weighted by Gasteiger charge is 2.00. The van der Waals surface area contributed by atoms with Crippen LogP contribution in [-0.2, 0) is 14.3 Å². The number of ether oxygens (including phenoxy) is 2. The second kappa shape index (κ2) is 13.5. The van der Waals surface area contributed by atoms with Gasteiger partial charge in [0.15, 0.2) is 5.90 Å². The average Bonchev–Trinajstić information content (AvgIpc) is 2.16. The second-order valence-corrected chi connectivity index (χ2v) is 2.76. The van der Waals surface area contributed by atoms with Crippen molar-refractivity contribution in [3.8, 4) is 0 Å². The Hall–Kier alpha value is -0.480. The molecule has 92 valence electrons. The van der Waals surface area contributed by atoms with E-state index < -0.39 is 0 Å². The normalized spacial score (nSPS) is 8.13. The van der Waals surface area contributed by atoms with Gasteiger partial charge in [0.2, 0.25) is 0 Å². The molecule has 0 aromatic carbocycles. The molecule has 6 heteroatoms. The number of carbonyl (C=O) groups is 1. The van der Waals surface area contributed by atoms with E-state index in [1.54, 1.807) is 0 Å². The van der Waals surface area contributed by atoms with Gasteiger partial charge < -0.3 is 9.47 Å². The predicted octanol–water partition coefficient (Wildman–Crippen LogP) is 2.58. The highest BCUT2D eigenvalue weighted by atomic mass is 35.5. The monoisotopic (exact) mass is 259 g/mol. The summed E-state index contributed by atoms with van der Waals surface area (Å²) in [6.07, 6.45) is 3.77. The smallest absolute Gasteiger partial charge is 0.305 e. The SMILES string of the molecule is COC(=N)CCCCCC(=O)OC.Cl.Cl. The molecular weight excluding hydrogens is 241 g/mol. The Kier molecular flexibility index (Phi) is 18.0. The van der Waals surface area contributed by atoms with Crippen molar-refractivity contribution in [3.05, 3.63) is 0 Å². The Balaban J connectivity index is -0.000000720. The lowest BCUT2D eigenvalue weighted by Crippen LogP contribution is -2.01. The zero-order valence-electron chi connectivity index (χ0n) is 9.08. The molecule has 0 radical (unpaired) electrons. The zero-order valence-corrected chi connectivity index (χ0v) is 10.7. The standard InChI is InChI=1S/C9H17NO3.2ClH/c1-12-8(10)6-4-3-5-7-9(11)13-2;;/h10H,3-7H2,1-2H3;2*1H. The van der Waals surface area contributed by atoms with Gasteiger partial charge in [-0.3, -0.25) is 10.2 Å². The quantitative estimate of drug-likeness (QED) is 0.345. The number of nitrogens with one attached hydrogen (secondary N) is 1. The molecule has 0 aliphatic rings.